The average Bonchev–Trinajstić information content (AvgIpc) is 3.07. The van der Waals surface area contributed by atoms with Crippen molar-refractivity contribution in [2.24, 2.45) is 11.8 Å². The minimum absolute atomic E-state index is 0.0811. The van der Waals surface area contributed by atoms with E-state index in [4.69, 9.17) is 0 Å². The van der Waals surface area contributed by atoms with Crippen molar-refractivity contribution in [3.8, 4) is 0 Å². The lowest BCUT2D eigenvalue weighted by molar-refractivity contribution is 0.144. The second-order valence-electron chi connectivity index (χ2n) is 7.42. The van der Waals surface area contributed by atoms with Crippen LogP contribution in [-0.4, -0.2) is 48.3 Å². The first kappa shape index (κ1) is 15.3. The molecular weight excluding hydrogens is 298 g/mol. The van der Waals surface area contributed by atoms with Gasteiger partial charge in [0.25, 0.3) is 0 Å². The summed E-state index contributed by atoms with van der Waals surface area (Å²) in [5.74, 6) is -0.201. The molecule has 3 nitrogen and oxygen atoms in total. The van der Waals surface area contributed by atoms with Crippen molar-refractivity contribution >= 4 is 5.69 Å². The molecule has 1 aromatic rings. The zero-order valence-electron chi connectivity index (χ0n) is 13.3. The molecule has 0 radical (unpaired) electrons. The van der Waals surface area contributed by atoms with E-state index in [0.717, 1.165) is 57.5 Å². The Hall–Kier alpha value is -1.20. The minimum atomic E-state index is -0.783. The standard InChI is InChI=1S/C18H24F2N2O/c19-17-2-1-15(9-18(17)20)21-5-3-14(4-6-21)22-10-12-7-16(23)8-13(12)11-22/h1-2,9,12-14,16,23H,3-8,10-11H2/t12-,13+,16?. The molecule has 0 aromatic heterocycles. The number of anilines is 1. The molecule has 2 saturated heterocycles. The Kier molecular flexibility index (Phi) is 4.01. The first-order valence-electron chi connectivity index (χ1n) is 8.72. The van der Waals surface area contributed by atoms with Crippen LogP contribution in [0, 0.1) is 23.5 Å². The topological polar surface area (TPSA) is 26.7 Å². The molecule has 0 spiro atoms. The third kappa shape index (κ3) is 2.96. The van der Waals surface area contributed by atoms with E-state index in [0.29, 0.717) is 17.9 Å². The fourth-order valence-electron chi connectivity index (χ4n) is 4.77. The van der Waals surface area contributed by atoms with Gasteiger partial charge in [0.2, 0.25) is 0 Å². The summed E-state index contributed by atoms with van der Waals surface area (Å²) in [6.45, 7) is 4.03. The molecule has 3 fully saturated rings. The van der Waals surface area contributed by atoms with E-state index in [1.165, 1.54) is 12.1 Å². The van der Waals surface area contributed by atoms with Gasteiger partial charge in [-0.1, -0.05) is 0 Å². The predicted octanol–water partition coefficient (Wildman–Crippen LogP) is 2.64. The van der Waals surface area contributed by atoms with Crippen LogP contribution in [0.2, 0.25) is 0 Å². The van der Waals surface area contributed by atoms with Gasteiger partial charge < -0.3 is 10.0 Å². The van der Waals surface area contributed by atoms with Gasteiger partial charge in [-0.2, -0.15) is 0 Å². The largest absolute Gasteiger partial charge is 0.393 e. The van der Waals surface area contributed by atoms with Crippen molar-refractivity contribution in [2.75, 3.05) is 31.1 Å². The number of hydrogen-bond acceptors (Lipinski definition) is 3. The van der Waals surface area contributed by atoms with Crippen LogP contribution in [-0.2, 0) is 0 Å². The van der Waals surface area contributed by atoms with E-state index in [1.54, 1.807) is 6.07 Å². The number of aliphatic hydroxyl groups is 1. The van der Waals surface area contributed by atoms with Crippen molar-refractivity contribution in [1.29, 1.82) is 0 Å². The van der Waals surface area contributed by atoms with E-state index in [1.807, 2.05) is 0 Å². The number of aliphatic hydroxyl groups excluding tert-OH is 1. The molecule has 23 heavy (non-hydrogen) atoms. The monoisotopic (exact) mass is 322 g/mol. The van der Waals surface area contributed by atoms with Crippen molar-refractivity contribution in [3.05, 3.63) is 29.8 Å². The van der Waals surface area contributed by atoms with Crippen LogP contribution in [0.1, 0.15) is 25.7 Å². The summed E-state index contributed by atoms with van der Waals surface area (Å²) in [4.78, 5) is 4.75. The second-order valence-corrected chi connectivity index (χ2v) is 7.42. The lowest BCUT2D eigenvalue weighted by Crippen LogP contribution is -2.44. The van der Waals surface area contributed by atoms with Gasteiger partial charge in [-0.05, 0) is 49.7 Å². The Balaban J connectivity index is 1.34. The number of hydrogen-bond donors (Lipinski definition) is 1. The van der Waals surface area contributed by atoms with Gasteiger partial charge in [-0.15, -0.1) is 0 Å². The number of piperidine rings is 1. The summed E-state index contributed by atoms with van der Waals surface area (Å²) in [7, 11) is 0. The average molecular weight is 322 g/mol. The number of fused-ring (bicyclic) bond motifs is 1. The molecule has 0 amide bonds. The van der Waals surface area contributed by atoms with Gasteiger partial charge in [0, 0.05) is 44.0 Å². The van der Waals surface area contributed by atoms with Crippen LogP contribution in [0.4, 0.5) is 14.5 Å². The van der Waals surface area contributed by atoms with Gasteiger partial charge in [-0.25, -0.2) is 8.78 Å². The highest BCUT2D eigenvalue weighted by Gasteiger charge is 2.42. The summed E-state index contributed by atoms with van der Waals surface area (Å²) in [5.41, 5.74) is 0.781. The second kappa shape index (κ2) is 6.02. The number of nitrogens with zero attached hydrogens (tertiary/aromatic N) is 2. The van der Waals surface area contributed by atoms with Gasteiger partial charge >= 0.3 is 0 Å². The number of rotatable bonds is 2. The summed E-state index contributed by atoms with van der Waals surface area (Å²) in [5, 5.41) is 9.75. The molecule has 1 N–H and O–H groups in total. The molecule has 5 heteroatoms. The van der Waals surface area contributed by atoms with Crippen LogP contribution in [0.5, 0.6) is 0 Å². The number of likely N-dealkylation sites (tertiary alicyclic amines) is 1. The zero-order valence-corrected chi connectivity index (χ0v) is 13.3. The molecule has 1 saturated carbocycles. The molecule has 2 heterocycles. The van der Waals surface area contributed by atoms with Gasteiger partial charge in [0.1, 0.15) is 0 Å². The SMILES string of the molecule is OC1C[C@@H]2CN(C3CCN(c4ccc(F)c(F)c4)CC3)C[C@@H]2C1. The molecule has 1 unspecified atom stereocenters. The maximum Gasteiger partial charge on any atom is 0.160 e. The fourth-order valence-corrected chi connectivity index (χ4v) is 4.77. The Bertz CT molecular complexity index is 560. The Labute approximate surface area is 135 Å². The molecular formula is C18H24F2N2O. The van der Waals surface area contributed by atoms with Crippen molar-refractivity contribution in [3.63, 3.8) is 0 Å². The smallest absolute Gasteiger partial charge is 0.160 e. The molecule has 3 atom stereocenters. The maximum absolute atomic E-state index is 13.4. The Morgan fingerprint density at radius 3 is 2.22 bits per heavy atom. The van der Waals surface area contributed by atoms with Crippen LogP contribution in [0.25, 0.3) is 0 Å². The van der Waals surface area contributed by atoms with E-state index < -0.39 is 11.6 Å². The highest BCUT2D eigenvalue weighted by atomic mass is 19.2. The summed E-state index contributed by atoms with van der Waals surface area (Å²) in [6, 6.07) is 4.78. The van der Waals surface area contributed by atoms with Gasteiger partial charge in [0.05, 0.1) is 6.10 Å². The van der Waals surface area contributed by atoms with E-state index in [9.17, 15) is 13.9 Å². The number of halogens is 2. The summed E-state index contributed by atoms with van der Waals surface area (Å²) >= 11 is 0. The van der Waals surface area contributed by atoms with Crippen LogP contribution in [0.15, 0.2) is 18.2 Å². The van der Waals surface area contributed by atoms with Gasteiger partial charge in [0.15, 0.2) is 11.6 Å². The molecule has 0 bridgehead atoms. The van der Waals surface area contributed by atoms with Crippen LogP contribution < -0.4 is 4.90 Å². The van der Waals surface area contributed by atoms with Gasteiger partial charge in [-0.3, -0.25) is 4.90 Å². The lowest BCUT2D eigenvalue weighted by Gasteiger charge is -2.38. The van der Waals surface area contributed by atoms with E-state index >= 15 is 0 Å². The summed E-state index contributed by atoms with van der Waals surface area (Å²) < 4.78 is 26.4. The van der Waals surface area contributed by atoms with Crippen LogP contribution >= 0.6 is 0 Å². The summed E-state index contributed by atoms with van der Waals surface area (Å²) in [6.07, 6.45) is 3.99. The Morgan fingerprint density at radius 2 is 1.61 bits per heavy atom. The quantitative estimate of drug-likeness (QED) is 0.907. The lowest BCUT2D eigenvalue weighted by atomic mass is 10.0. The first-order valence-corrected chi connectivity index (χ1v) is 8.72. The van der Waals surface area contributed by atoms with E-state index in [2.05, 4.69) is 9.80 Å². The Morgan fingerprint density at radius 1 is 0.957 bits per heavy atom. The van der Waals surface area contributed by atoms with Crippen molar-refractivity contribution in [1.82, 2.24) is 4.90 Å². The number of benzene rings is 1. The third-order valence-electron chi connectivity index (χ3n) is 6.00. The molecule has 2 aliphatic heterocycles. The fraction of sp³-hybridized carbons (Fsp3) is 0.667. The predicted molar refractivity (Wildman–Crippen MR) is 85.4 cm³/mol. The molecule has 1 aromatic carbocycles. The van der Waals surface area contributed by atoms with Crippen molar-refractivity contribution in [2.45, 2.75) is 37.8 Å². The highest BCUT2D eigenvalue weighted by Crippen LogP contribution is 2.40. The first-order chi connectivity index (χ1) is 11.1. The van der Waals surface area contributed by atoms with Crippen molar-refractivity contribution < 1.29 is 13.9 Å². The molecule has 3 aliphatic rings. The zero-order chi connectivity index (χ0) is 16.0. The molecule has 1 aliphatic carbocycles. The highest BCUT2D eigenvalue weighted by molar-refractivity contribution is 5.47. The normalized spacial score (nSPS) is 32.5. The van der Waals surface area contributed by atoms with E-state index in [-0.39, 0.29) is 6.10 Å². The third-order valence-corrected chi connectivity index (χ3v) is 6.00. The van der Waals surface area contributed by atoms with Crippen LogP contribution in [0.3, 0.4) is 0 Å². The molecule has 4 rings (SSSR count). The minimum Gasteiger partial charge on any atom is -0.393 e. The maximum atomic E-state index is 13.4. The molecule has 126 valence electrons.